The molecule has 1 aliphatic rings. The van der Waals surface area contributed by atoms with Crippen molar-refractivity contribution in [2.75, 3.05) is 25.5 Å². The number of aliphatic hydroxyl groups is 2. The zero-order valence-corrected chi connectivity index (χ0v) is 26.2. The number of phenols is 1. The van der Waals surface area contributed by atoms with Gasteiger partial charge in [-0.3, -0.25) is 14.8 Å². The third-order valence-electron chi connectivity index (χ3n) is 8.02. The number of unbranched alkanes of at least 4 members (excludes halogenated alkanes) is 3. The predicted molar refractivity (Wildman–Crippen MR) is 172 cm³/mol. The monoisotopic (exact) mass is 635 g/mol. The number of hydrogen-bond acceptors (Lipinski definition) is 9. The number of hydrogen-bond donors (Lipinski definition) is 6. The first kappa shape index (κ1) is 35.0. The van der Waals surface area contributed by atoms with E-state index in [1.165, 1.54) is 0 Å². The highest BCUT2D eigenvalue weighted by Crippen LogP contribution is 2.38. The van der Waals surface area contributed by atoms with Crippen molar-refractivity contribution in [2.45, 2.75) is 76.2 Å². The number of rotatable bonds is 16. The van der Waals surface area contributed by atoms with Gasteiger partial charge < -0.3 is 35.0 Å². The van der Waals surface area contributed by atoms with Gasteiger partial charge in [-0.1, -0.05) is 61.4 Å². The van der Waals surface area contributed by atoms with Crippen LogP contribution in [-0.4, -0.2) is 63.5 Å². The van der Waals surface area contributed by atoms with E-state index in [1.807, 2.05) is 60.5 Å². The SMILES string of the molecule is CN(C[C@@H]1C[C@H](c2ccc(CO)cc2)O[C@H](c2ccc(NC(=O)CCCCCCC(=O)NO)cc2)O1)C[C@@H](O)c1cccc(O)c1. The van der Waals surface area contributed by atoms with E-state index >= 15 is 0 Å². The van der Waals surface area contributed by atoms with Gasteiger partial charge in [-0.2, -0.15) is 0 Å². The minimum absolute atomic E-state index is 0.0408. The molecule has 4 rings (SSSR count). The van der Waals surface area contributed by atoms with Crippen molar-refractivity contribution < 1.29 is 39.6 Å². The first-order valence-corrected chi connectivity index (χ1v) is 15.7. The molecule has 0 unspecified atom stereocenters. The maximum absolute atomic E-state index is 12.5. The highest BCUT2D eigenvalue weighted by Gasteiger charge is 2.33. The summed E-state index contributed by atoms with van der Waals surface area (Å²) < 4.78 is 12.9. The second kappa shape index (κ2) is 17.7. The van der Waals surface area contributed by atoms with Crippen molar-refractivity contribution in [1.29, 1.82) is 0 Å². The average Bonchev–Trinajstić information content (AvgIpc) is 3.06. The highest BCUT2D eigenvalue weighted by atomic mass is 16.7. The minimum atomic E-state index is -0.780. The van der Waals surface area contributed by atoms with E-state index in [9.17, 15) is 24.9 Å². The first-order valence-electron chi connectivity index (χ1n) is 15.7. The molecule has 1 aliphatic heterocycles. The van der Waals surface area contributed by atoms with Gasteiger partial charge in [0.15, 0.2) is 6.29 Å². The van der Waals surface area contributed by atoms with Gasteiger partial charge in [-0.25, -0.2) is 5.48 Å². The van der Waals surface area contributed by atoms with Crippen molar-refractivity contribution in [3.05, 3.63) is 95.1 Å². The maximum Gasteiger partial charge on any atom is 0.243 e. The number of nitrogens with zero attached hydrogens (tertiary/aromatic N) is 1. The van der Waals surface area contributed by atoms with Crippen molar-refractivity contribution >= 4 is 17.5 Å². The molecule has 0 aromatic heterocycles. The number of aromatic hydroxyl groups is 1. The molecule has 3 aromatic rings. The van der Waals surface area contributed by atoms with Gasteiger partial charge in [0.05, 0.1) is 24.9 Å². The van der Waals surface area contributed by atoms with Gasteiger partial charge >= 0.3 is 0 Å². The van der Waals surface area contributed by atoms with E-state index in [1.54, 1.807) is 29.7 Å². The number of amides is 2. The Bertz CT molecular complexity index is 1390. The quantitative estimate of drug-likeness (QED) is 0.0732. The number of likely N-dealkylation sites (N-methyl/N-ethyl adjacent to an activating group) is 1. The fourth-order valence-electron chi connectivity index (χ4n) is 5.52. The molecule has 0 aliphatic carbocycles. The van der Waals surface area contributed by atoms with Crippen LogP contribution < -0.4 is 10.8 Å². The summed E-state index contributed by atoms with van der Waals surface area (Å²) in [5.41, 5.74) is 5.50. The molecule has 248 valence electrons. The van der Waals surface area contributed by atoms with Crippen molar-refractivity contribution in [3.8, 4) is 5.75 Å². The number of ether oxygens (including phenoxy) is 2. The average molecular weight is 636 g/mol. The van der Waals surface area contributed by atoms with E-state index < -0.39 is 18.3 Å². The summed E-state index contributed by atoms with van der Waals surface area (Å²) in [5, 5.41) is 41.5. The molecule has 4 atom stereocenters. The molecule has 0 spiro atoms. The Morgan fingerprint density at radius 2 is 1.59 bits per heavy atom. The van der Waals surface area contributed by atoms with Gasteiger partial charge in [0.1, 0.15) is 5.75 Å². The number of carbonyl (C=O) groups excluding carboxylic acids is 2. The standard InChI is InChI=1S/C35H45N3O8/c1-38(22-31(41)27-7-6-8-29(40)19-27)21-30-20-32(25-13-11-24(23-39)12-14-25)46-35(45-30)26-15-17-28(18-16-26)36-33(42)9-4-2-3-5-10-34(43)37-44/h6-8,11-19,30-32,35,39-41,44H,2-5,9-10,20-23H2,1H3,(H,36,42)(H,37,43)/t30-,31+,32+,35+/m0/s1. The molecule has 3 aromatic carbocycles. The highest BCUT2D eigenvalue weighted by molar-refractivity contribution is 5.90. The lowest BCUT2D eigenvalue weighted by Crippen LogP contribution is -2.39. The Morgan fingerprint density at radius 1 is 0.913 bits per heavy atom. The molecule has 2 amide bonds. The molecule has 0 saturated carbocycles. The van der Waals surface area contributed by atoms with Crippen LogP contribution in [0.1, 0.15) is 85.7 Å². The van der Waals surface area contributed by atoms with Crippen LogP contribution >= 0.6 is 0 Å². The second-order valence-corrected chi connectivity index (χ2v) is 11.8. The Balaban J connectivity index is 1.36. The lowest BCUT2D eigenvalue weighted by Gasteiger charge is -2.38. The largest absolute Gasteiger partial charge is 0.508 e. The van der Waals surface area contributed by atoms with Crippen LogP contribution in [0.3, 0.4) is 0 Å². The number of carbonyl (C=O) groups is 2. The number of hydroxylamine groups is 1. The van der Waals surface area contributed by atoms with Crippen molar-refractivity contribution in [1.82, 2.24) is 10.4 Å². The topological polar surface area (TPSA) is 161 Å². The van der Waals surface area contributed by atoms with Crippen molar-refractivity contribution in [2.24, 2.45) is 0 Å². The van der Waals surface area contributed by atoms with E-state index in [0.717, 1.165) is 29.5 Å². The minimum Gasteiger partial charge on any atom is -0.508 e. The van der Waals surface area contributed by atoms with Gasteiger partial charge in [0.25, 0.3) is 0 Å². The lowest BCUT2D eigenvalue weighted by molar-refractivity contribution is -0.252. The lowest BCUT2D eigenvalue weighted by atomic mass is 9.99. The summed E-state index contributed by atoms with van der Waals surface area (Å²) in [6, 6.07) is 21.7. The molecule has 1 fully saturated rings. The summed E-state index contributed by atoms with van der Waals surface area (Å²) in [7, 11) is 1.91. The Labute approximate surface area is 269 Å². The van der Waals surface area contributed by atoms with Crippen LogP contribution in [0.15, 0.2) is 72.8 Å². The van der Waals surface area contributed by atoms with Crippen LogP contribution in [-0.2, 0) is 25.7 Å². The van der Waals surface area contributed by atoms with E-state index in [4.69, 9.17) is 14.7 Å². The zero-order chi connectivity index (χ0) is 32.9. The molecule has 0 bridgehead atoms. The zero-order valence-electron chi connectivity index (χ0n) is 26.2. The predicted octanol–water partition coefficient (Wildman–Crippen LogP) is 4.88. The number of anilines is 1. The second-order valence-electron chi connectivity index (χ2n) is 11.8. The number of aliphatic hydroxyl groups excluding tert-OH is 2. The van der Waals surface area contributed by atoms with Crippen LogP contribution in [0.25, 0.3) is 0 Å². The van der Waals surface area contributed by atoms with E-state index in [0.29, 0.717) is 50.0 Å². The smallest absolute Gasteiger partial charge is 0.243 e. The van der Waals surface area contributed by atoms with Crippen LogP contribution in [0.4, 0.5) is 5.69 Å². The van der Waals surface area contributed by atoms with E-state index in [-0.39, 0.29) is 36.9 Å². The summed E-state index contributed by atoms with van der Waals surface area (Å²) in [6.07, 6.45) is 2.28. The summed E-state index contributed by atoms with van der Waals surface area (Å²) in [6.45, 7) is 0.838. The molecular weight excluding hydrogens is 590 g/mol. The Morgan fingerprint density at radius 3 is 2.24 bits per heavy atom. The third kappa shape index (κ3) is 10.9. The molecule has 11 nitrogen and oxygen atoms in total. The summed E-state index contributed by atoms with van der Waals surface area (Å²) >= 11 is 0. The molecule has 0 radical (unpaired) electrons. The molecule has 1 saturated heterocycles. The fourth-order valence-corrected chi connectivity index (χ4v) is 5.52. The summed E-state index contributed by atoms with van der Waals surface area (Å²) in [5.74, 6) is -0.385. The Hall–Kier alpha value is -3.84. The van der Waals surface area contributed by atoms with Crippen LogP contribution in [0.5, 0.6) is 5.75 Å². The fraction of sp³-hybridized carbons (Fsp3) is 0.429. The number of phenolic OH excluding ortho intramolecular Hbond substituents is 1. The maximum atomic E-state index is 12.5. The van der Waals surface area contributed by atoms with Gasteiger partial charge in [-0.05, 0) is 60.8 Å². The number of benzene rings is 3. The molecule has 6 N–H and O–H groups in total. The number of nitrogens with one attached hydrogen (secondary N) is 2. The van der Waals surface area contributed by atoms with Gasteiger partial charge in [0, 0.05) is 43.6 Å². The molecule has 1 heterocycles. The van der Waals surface area contributed by atoms with Crippen LogP contribution in [0.2, 0.25) is 0 Å². The van der Waals surface area contributed by atoms with Crippen molar-refractivity contribution in [3.63, 3.8) is 0 Å². The van der Waals surface area contributed by atoms with Gasteiger partial charge in [-0.15, -0.1) is 0 Å². The Kier molecular flexibility index (Phi) is 13.5. The first-order chi connectivity index (χ1) is 22.2. The molecular formula is C35H45N3O8. The third-order valence-corrected chi connectivity index (χ3v) is 8.02. The van der Waals surface area contributed by atoms with E-state index in [2.05, 4.69) is 5.32 Å². The summed E-state index contributed by atoms with van der Waals surface area (Å²) in [4.78, 5) is 25.5. The molecule has 11 heteroatoms. The normalized spacial score (nSPS) is 18.7. The van der Waals surface area contributed by atoms with Gasteiger partial charge in [0.2, 0.25) is 11.8 Å². The molecule has 46 heavy (non-hydrogen) atoms. The van der Waals surface area contributed by atoms with Crippen LogP contribution in [0, 0.1) is 0 Å².